The van der Waals surface area contributed by atoms with Gasteiger partial charge in [-0.05, 0) is 80.6 Å². The lowest BCUT2D eigenvalue weighted by molar-refractivity contribution is -0.140. The van der Waals surface area contributed by atoms with Gasteiger partial charge in [0.15, 0.2) is 5.82 Å². The van der Waals surface area contributed by atoms with Crippen LogP contribution in [-0.2, 0) is 29.3 Å². The van der Waals surface area contributed by atoms with Crippen molar-refractivity contribution in [2.45, 2.75) is 70.3 Å². The average molecular weight is 1090 g/mol. The van der Waals surface area contributed by atoms with Gasteiger partial charge in [-0.15, -0.1) is 11.3 Å². The number of halogens is 3. The Kier molecular flexibility index (Phi) is 16.6. The van der Waals surface area contributed by atoms with Gasteiger partial charge in [-0.1, -0.05) is 41.6 Å². The number of aromatic amines is 1. The van der Waals surface area contributed by atoms with Crippen molar-refractivity contribution in [3.05, 3.63) is 136 Å². The minimum Gasteiger partial charge on any atom is -0.491 e. The number of β-amino-alcohol motifs (C(OH)–C–C–N with tert-alkyl or cyclic N) is 1. The first-order valence-corrected chi connectivity index (χ1v) is 26.9. The summed E-state index contributed by atoms with van der Waals surface area (Å²) in [5.74, 6) is -4.38. The van der Waals surface area contributed by atoms with Gasteiger partial charge in [-0.25, -0.2) is 23.1 Å². The zero-order valence-electron chi connectivity index (χ0n) is 41.6. The van der Waals surface area contributed by atoms with Crippen LogP contribution in [0.5, 0.6) is 5.75 Å². The van der Waals surface area contributed by atoms with Crippen LogP contribution < -0.4 is 14.8 Å². The fourth-order valence-corrected chi connectivity index (χ4v) is 11.3. The largest absolute Gasteiger partial charge is 0.491 e. The lowest BCUT2D eigenvalue weighted by Gasteiger charge is -2.28. The van der Waals surface area contributed by atoms with Crippen molar-refractivity contribution in [3.63, 3.8) is 0 Å². The number of amides is 2. The van der Waals surface area contributed by atoms with Crippen molar-refractivity contribution in [3.8, 4) is 27.3 Å². The number of hydrogen-bond acceptors (Lipinski definition) is 14. The molecule has 23 heteroatoms. The number of alkyl halides is 1. The summed E-state index contributed by atoms with van der Waals surface area (Å²) in [5.41, 5.74) is 5.07. The molecule has 7 aromatic rings. The smallest absolute Gasteiger partial charge is 0.301 e. The van der Waals surface area contributed by atoms with Crippen molar-refractivity contribution in [1.82, 2.24) is 34.6 Å². The van der Waals surface area contributed by atoms with Crippen molar-refractivity contribution in [1.29, 1.82) is 0 Å². The molecular weight excluding hydrogens is 1030 g/mol. The van der Waals surface area contributed by atoms with E-state index in [-0.39, 0.29) is 99.8 Å². The summed E-state index contributed by atoms with van der Waals surface area (Å²) in [6.45, 7) is 6.10. The molecule has 3 aromatic carbocycles. The topological polar surface area (TPSA) is 231 Å². The number of aryl methyl sites for hydroxylation is 2. The molecule has 9 rings (SSSR count). The third-order valence-electron chi connectivity index (χ3n) is 13.3. The molecule has 76 heavy (non-hydrogen) atoms. The van der Waals surface area contributed by atoms with E-state index in [1.807, 2.05) is 42.8 Å². The molecule has 4 aromatic heterocycles. The second-order valence-electron chi connectivity index (χ2n) is 18.6. The second-order valence-corrected chi connectivity index (χ2v) is 21.1. The molecule has 0 saturated carbocycles. The van der Waals surface area contributed by atoms with E-state index in [1.165, 1.54) is 11.1 Å². The number of aromatic nitrogens is 4. The van der Waals surface area contributed by atoms with Gasteiger partial charge in [0.1, 0.15) is 47.7 Å². The molecule has 400 valence electrons. The summed E-state index contributed by atoms with van der Waals surface area (Å²) < 4.78 is 96.0. The van der Waals surface area contributed by atoms with Crippen molar-refractivity contribution < 1.29 is 59.8 Å². The molecule has 5 atom stereocenters. The summed E-state index contributed by atoms with van der Waals surface area (Å²) in [7, 11) is -4.38. The summed E-state index contributed by atoms with van der Waals surface area (Å²) in [6, 6.07) is 18.6. The van der Waals surface area contributed by atoms with Gasteiger partial charge in [-0.2, -0.15) is 12.7 Å². The number of likely N-dealkylation sites (tertiary alicyclic amines) is 1. The highest BCUT2D eigenvalue weighted by Gasteiger charge is 2.43. The molecular formula is C53H55F3N8O10S2. The third-order valence-corrected chi connectivity index (χ3v) is 15.8. The van der Waals surface area contributed by atoms with Crippen LogP contribution in [-0.4, -0.2) is 131 Å². The fraction of sp³-hybridized carbons (Fsp3) is 0.358. The van der Waals surface area contributed by atoms with E-state index in [2.05, 4.69) is 25.4 Å². The van der Waals surface area contributed by atoms with Crippen LogP contribution in [0.1, 0.15) is 76.8 Å². The number of pyridine rings is 1. The van der Waals surface area contributed by atoms with Gasteiger partial charge in [0, 0.05) is 67.6 Å². The van der Waals surface area contributed by atoms with E-state index in [9.17, 15) is 32.3 Å². The SMILES string of the molecule is Cc1cc(C(CCOCCOCCOc2ccc(-c3cnc4[nH]cc(C(=O)c5c(F)ccc(NS(=O)(=O)N6CC[C@@H](F)C6)c5F)c4c3)cc2)C(=O)N2C[C@H](O)C[C@H]2C(=O)N[C@@H](C)c2ccc(-c3scnc3C)cc2)on1. The molecule has 0 aliphatic carbocycles. The summed E-state index contributed by atoms with van der Waals surface area (Å²) in [6.07, 6.45) is 0.868. The van der Waals surface area contributed by atoms with E-state index >= 15 is 8.78 Å². The number of fused-ring (bicyclic) bond motifs is 1. The van der Waals surface area contributed by atoms with Crippen LogP contribution >= 0.6 is 11.3 Å². The molecule has 1 unspecified atom stereocenters. The van der Waals surface area contributed by atoms with Crippen molar-refractivity contribution >= 4 is 55.9 Å². The number of carbonyl (C=O) groups is 3. The standard InChI is InChI=1S/C53H55F3N8O10S2/c1-30-22-46(74-61-30)40(53(68)64-28-38(65)24-45(64)52(67)60-31(2)33-4-6-35(7-5-33)50-32(3)59-29-75-50)15-17-71-18-19-72-20-21-73-39-10-8-34(9-11-39)36-23-41-42(26-58-51(41)57-25-36)49(66)47-43(55)12-13-44(48(47)56)62-76(69,70)63-16-14-37(54)27-63/h4-13,22-23,25-26,29,31,37-38,40,45,62,65H,14-21,24,27-28H2,1-3H3,(H,57,58)(H,60,67)/t31-,37+,38+,40?,45-/m0/s1. The Morgan fingerprint density at radius 2 is 1.67 bits per heavy atom. The van der Waals surface area contributed by atoms with E-state index in [4.69, 9.17) is 18.7 Å². The number of rotatable bonds is 22. The Morgan fingerprint density at radius 1 is 0.934 bits per heavy atom. The van der Waals surface area contributed by atoms with Gasteiger partial charge in [0.2, 0.25) is 17.6 Å². The van der Waals surface area contributed by atoms with Crippen molar-refractivity contribution in [2.24, 2.45) is 0 Å². The first kappa shape index (κ1) is 53.8. The first-order chi connectivity index (χ1) is 36.5. The number of ether oxygens (including phenoxy) is 3. The molecule has 2 saturated heterocycles. The molecule has 2 aliphatic heterocycles. The first-order valence-electron chi connectivity index (χ1n) is 24.6. The minimum atomic E-state index is -4.38. The molecule has 2 aliphatic rings. The number of aliphatic hydroxyl groups excluding tert-OH is 1. The number of H-pyrrole nitrogens is 1. The van der Waals surface area contributed by atoms with Crippen LogP contribution in [0.25, 0.3) is 32.6 Å². The Labute approximate surface area is 439 Å². The summed E-state index contributed by atoms with van der Waals surface area (Å²) in [5, 5.41) is 18.0. The maximum Gasteiger partial charge on any atom is 0.301 e. The Hall–Kier alpha value is -7.02. The number of hydrogen-bond donors (Lipinski definition) is 4. The van der Waals surface area contributed by atoms with E-state index < -0.39 is 69.7 Å². The van der Waals surface area contributed by atoms with E-state index in [1.54, 1.807) is 66.4 Å². The van der Waals surface area contributed by atoms with Crippen LogP contribution in [0.4, 0.5) is 18.9 Å². The molecule has 4 N–H and O–H groups in total. The maximum absolute atomic E-state index is 15.7. The second kappa shape index (κ2) is 23.5. The predicted octanol–water partition coefficient (Wildman–Crippen LogP) is 7.59. The van der Waals surface area contributed by atoms with E-state index in [0.717, 1.165) is 38.1 Å². The van der Waals surface area contributed by atoms with Gasteiger partial charge >= 0.3 is 10.2 Å². The quantitative estimate of drug-likeness (QED) is 0.0379. The summed E-state index contributed by atoms with van der Waals surface area (Å²) in [4.78, 5) is 55.7. The molecule has 2 fully saturated rings. The third kappa shape index (κ3) is 12.1. The zero-order chi connectivity index (χ0) is 53.7. The number of thiazole rings is 1. The zero-order valence-corrected chi connectivity index (χ0v) is 43.3. The van der Waals surface area contributed by atoms with Crippen LogP contribution in [0.2, 0.25) is 0 Å². The average Bonchev–Trinajstić information content (AvgIpc) is 4.29. The fourth-order valence-electron chi connectivity index (χ4n) is 9.25. The number of carbonyl (C=O) groups excluding carboxylic acids is 3. The summed E-state index contributed by atoms with van der Waals surface area (Å²) >= 11 is 1.56. The predicted molar refractivity (Wildman–Crippen MR) is 276 cm³/mol. The molecule has 6 heterocycles. The Bertz CT molecular complexity index is 3320. The number of aliphatic hydroxyl groups is 1. The minimum absolute atomic E-state index is 0.0132. The number of benzene rings is 3. The normalized spacial score (nSPS) is 17.8. The monoisotopic (exact) mass is 1080 g/mol. The number of nitrogens with zero attached hydrogens (tertiary/aromatic N) is 5. The van der Waals surface area contributed by atoms with Crippen LogP contribution in [0, 0.1) is 25.5 Å². The number of anilines is 1. The highest BCUT2D eigenvalue weighted by molar-refractivity contribution is 7.90. The number of ketones is 1. The highest BCUT2D eigenvalue weighted by Crippen LogP contribution is 2.33. The molecule has 2 amide bonds. The lowest BCUT2D eigenvalue weighted by atomic mass is 9.99. The van der Waals surface area contributed by atoms with E-state index in [0.29, 0.717) is 28.3 Å². The molecule has 0 spiro atoms. The van der Waals surface area contributed by atoms with Gasteiger partial charge in [0.25, 0.3) is 0 Å². The van der Waals surface area contributed by atoms with Crippen LogP contribution in [0.3, 0.4) is 0 Å². The highest BCUT2D eigenvalue weighted by atomic mass is 32.2. The number of nitrogens with one attached hydrogen (secondary N) is 3. The molecule has 0 bridgehead atoms. The van der Waals surface area contributed by atoms with Crippen molar-refractivity contribution in [2.75, 3.05) is 57.4 Å². The van der Waals surface area contributed by atoms with Gasteiger partial charge in [-0.3, -0.25) is 19.1 Å². The Morgan fingerprint density at radius 3 is 2.37 bits per heavy atom. The maximum atomic E-state index is 15.7. The lowest BCUT2D eigenvalue weighted by Crippen LogP contribution is -2.48. The molecule has 18 nitrogen and oxygen atoms in total. The van der Waals surface area contributed by atoms with Crippen LogP contribution in [0.15, 0.2) is 95.2 Å². The van der Waals surface area contributed by atoms with Gasteiger partial charge in [0.05, 0.1) is 65.0 Å². The van der Waals surface area contributed by atoms with Gasteiger partial charge < -0.3 is 39.0 Å². The molecule has 0 radical (unpaired) electrons. The Balaban J connectivity index is 0.732.